The number of anilines is 1. The van der Waals surface area contributed by atoms with Gasteiger partial charge in [-0.1, -0.05) is 60.3 Å². The molecule has 3 aliphatic rings. The van der Waals surface area contributed by atoms with Crippen LogP contribution in [0.25, 0.3) is 0 Å². The number of halogens is 4. The van der Waals surface area contributed by atoms with Gasteiger partial charge in [0.1, 0.15) is 18.8 Å². The molecule has 2 heterocycles. The third-order valence-corrected chi connectivity index (χ3v) is 8.24. The molecule has 0 aromatic heterocycles. The predicted octanol–water partition coefficient (Wildman–Crippen LogP) is 3.11. The fourth-order valence-corrected chi connectivity index (χ4v) is 6.56. The van der Waals surface area contributed by atoms with E-state index in [2.05, 4.69) is 12.5 Å². The number of hydrogen-bond acceptors (Lipinski definition) is 3. The Morgan fingerprint density at radius 2 is 1.65 bits per heavy atom. The molecule has 1 saturated heterocycles. The molecular formula is C25H28Cl3IN4O. The number of amides is 1. The Kier molecular flexibility index (Phi) is 7.75. The summed E-state index contributed by atoms with van der Waals surface area (Å²) in [4.78, 5) is 13.5. The van der Waals surface area contributed by atoms with Crippen LogP contribution < -0.4 is 34.4 Å². The van der Waals surface area contributed by atoms with E-state index in [-0.39, 0.29) is 41.8 Å². The van der Waals surface area contributed by atoms with E-state index in [0.29, 0.717) is 42.9 Å². The number of benzene rings is 2. The number of fused-ring (bicyclic) bond motifs is 1. The average molecular weight is 634 g/mol. The summed E-state index contributed by atoms with van der Waals surface area (Å²) in [5.74, 6) is 1.16. The predicted molar refractivity (Wildman–Crippen MR) is 135 cm³/mol. The normalized spacial score (nSPS) is 27.2. The molecule has 1 amide bonds. The first-order chi connectivity index (χ1) is 15.7. The zero-order valence-corrected chi connectivity index (χ0v) is 23.6. The number of likely N-dealkylation sites (tertiary alicyclic amines) is 1. The average Bonchev–Trinajstić information content (AvgIpc) is 3.40. The van der Waals surface area contributed by atoms with E-state index < -0.39 is 0 Å². The lowest BCUT2D eigenvalue weighted by Gasteiger charge is -2.30. The van der Waals surface area contributed by atoms with Crippen molar-refractivity contribution in [3.05, 3.63) is 63.1 Å². The summed E-state index contributed by atoms with van der Waals surface area (Å²) in [6, 6.07) is 12.8. The lowest BCUT2D eigenvalue weighted by Crippen LogP contribution is -3.00. The maximum absolute atomic E-state index is 13.5. The summed E-state index contributed by atoms with van der Waals surface area (Å²) in [5, 5.41) is 8.38. The van der Waals surface area contributed by atoms with E-state index in [1.165, 1.54) is 19.3 Å². The van der Waals surface area contributed by atoms with Crippen molar-refractivity contribution >= 4 is 52.1 Å². The maximum atomic E-state index is 13.5. The van der Waals surface area contributed by atoms with Gasteiger partial charge in [-0.25, -0.2) is 4.59 Å². The minimum Gasteiger partial charge on any atom is -1.00 e. The highest BCUT2D eigenvalue weighted by atomic mass is 127. The summed E-state index contributed by atoms with van der Waals surface area (Å²) in [6.07, 6.45) is 3.85. The molecule has 34 heavy (non-hydrogen) atoms. The molecule has 5 rings (SSSR count). The van der Waals surface area contributed by atoms with Gasteiger partial charge in [-0.15, -0.1) is 0 Å². The smallest absolute Gasteiger partial charge is 0.312 e. The number of hydrazone groups is 1. The van der Waals surface area contributed by atoms with E-state index >= 15 is 0 Å². The van der Waals surface area contributed by atoms with Crippen LogP contribution in [-0.2, 0) is 4.79 Å². The minimum absolute atomic E-state index is 0. The Labute approximate surface area is 233 Å². The fourth-order valence-electron chi connectivity index (χ4n) is 5.94. The van der Waals surface area contributed by atoms with Gasteiger partial charge in [0.05, 0.1) is 23.8 Å². The van der Waals surface area contributed by atoms with Gasteiger partial charge >= 0.3 is 5.91 Å². The van der Waals surface area contributed by atoms with Crippen LogP contribution in [0.5, 0.6) is 0 Å². The summed E-state index contributed by atoms with van der Waals surface area (Å²) in [7, 11) is 2.13. The summed E-state index contributed by atoms with van der Waals surface area (Å²) >= 11 is 18.8. The molecule has 0 spiro atoms. The molecule has 0 bridgehead atoms. The van der Waals surface area contributed by atoms with Crippen molar-refractivity contribution < 1.29 is 33.4 Å². The van der Waals surface area contributed by atoms with Crippen molar-refractivity contribution in [3.63, 3.8) is 0 Å². The molecule has 182 valence electrons. The first kappa shape index (κ1) is 26.0. The second-order valence-electron chi connectivity index (χ2n) is 9.86. The molecule has 1 saturated carbocycles. The van der Waals surface area contributed by atoms with Crippen LogP contribution in [0.15, 0.2) is 47.6 Å². The van der Waals surface area contributed by atoms with Crippen LogP contribution in [0.2, 0.25) is 15.1 Å². The molecular weight excluding hydrogens is 606 g/mol. The van der Waals surface area contributed by atoms with Gasteiger partial charge in [0, 0.05) is 27.8 Å². The van der Waals surface area contributed by atoms with E-state index in [9.17, 15) is 4.79 Å². The topological polar surface area (TPSA) is 44.7 Å². The molecule has 2 unspecified atom stereocenters. The molecule has 2 aromatic rings. The molecule has 2 aromatic carbocycles. The highest BCUT2D eigenvalue weighted by Gasteiger charge is 2.48. The highest BCUT2D eigenvalue weighted by molar-refractivity contribution is 6.40. The quantitative estimate of drug-likeness (QED) is 0.416. The van der Waals surface area contributed by atoms with Gasteiger partial charge < -0.3 is 24.0 Å². The van der Waals surface area contributed by atoms with Crippen LogP contribution in [0.1, 0.15) is 37.8 Å². The number of carbonyl (C=O) groups excluding carboxylic acids is 1. The number of carbonyl (C=O) groups is 1. The molecule has 9 heteroatoms. The Morgan fingerprint density at radius 1 is 1.03 bits per heavy atom. The molecule has 1 N–H and O–H groups in total. The second kappa shape index (κ2) is 10.1. The van der Waals surface area contributed by atoms with Gasteiger partial charge in [-0.3, -0.25) is 9.80 Å². The van der Waals surface area contributed by atoms with Gasteiger partial charge in [0.25, 0.3) is 0 Å². The number of rotatable bonds is 4. The zero-order valence-electron chi connectivity index (χ0n) is 19.1. The second-order valence-corrected chi connectivity index (χ2v) is 11.1. The van der Waals surface area contributed by atoms with Crippen LogP contribution in [0.3, 0.4) is 0 Å². The Hall–Kier alpha value is -1.06. The van der Waals surface area contributed by atoms with Crippen LogP contribution in [0, 0.1) is 17.8 Å². The standard InChI is InChI=1S/C25H27Cl3N4O.HI/c1-15-23(25(33)30-32(2)13-17-4-3-5-18(17)14-32)29-31(22-11-10-20(27)12-21(22)28)24(15)16-6-8-19(26)9-7-16;/h6-12,15,17-18,24H,3-5,13-14H2,1-2H3;1H/t15?,17-,18-,24?;/m0./s1. The van der Waals surface area contributed by atoms with E-state index in [0.717, 1.165) is 18.7 Å². The van der Waals surface area contributed by atoms with E-state index in [1.54, 1.807) is 12.1 Å². The van der Waals surface area contributed by atoms with Crippen LogP contribution in [-0.4, -0.2) is 36.3 Å². The van der Waals surface area contributed by atoms with Crippen molar-refractivity contribution in [1.29, 1.82) is 0 Å². The van der Waals surface area contributed by atoms with Crippen LogP contribution in [0.4, 0.5) is 5.69 Å². The van der Waals surface area contributed by atoms with E-state index in [4.69, 9.17) is 39.9 Å². The Balaban J connectivity index is 0.00000274. The lowest BCUT2D eigenvalue weighted by molar-refractivity contribution is -0.934. The van der Waals surface area contributed by atoms with Gasteiger partial charge in [0.15, 0.2) is 0 Å². The molecule has 5 nitrogen and oxygen atoms in total. The lowest BCUT2D eigenvalue weighted by atomic mass is 9.91. The third-order valence-electron chi connectivity index (χ3n) is 7.45. The molecule has 2 aliphatic heterocycles. The molecule has 1 aliphatic carbocycles. The molecule has 2 fully saturated rings. The van der Waals surface area contributed by atoms with Crippen molar-refractivity contribution in [1.82, 2.24) is 5.43 Å². The van der Waals surface area contributed by atoms with Gasteiger partial charge in [-0.05, 0) is 48.7 Å². The van der Waals surface area contributed by atoms with E-state index in [1.807, 2.05) is 42.3 Å². The highest BCUT2D eigenvalue weighted by Crippen LogP contribution is 2.43. The first-order valence-corrected chi connectivity index (χ1v) is 12.6. The monoisotopic (exact) mass is 632 g/mol. The zero-order chi connectivity index (χ0) is 23.3. The number of nitrogens with zero attached hydrogens (tertiary/aromatic N) is 3. The van der Waals surface area contributed by atoms with Gasteiger partial charge in [0.2, 0.25) is 0 Å². The van der Waals surface area contributed by atoms with Crippen molar-refractivity contribution in [2.75, 3.05) is 25.1 Å². The SMILES string of the molecule is CC1C(C(=O)N[N+]2(C)C[C@@H]3CCC[C@H]3C2)=NN(c2ccc(Cl)cc2Cl)C1c1ccc(Cl)cc1.[I-]. The number of nitrogens with one attached hydrogen (secondary N) is 1. The van der Waals surface area contributed by atoms with Gasteiger partial charge in [-0.2, -0.15) is 10.5 Å². The van der Waals surface area contributed by atoms with Crippen molar-refractivity contribution in [2.45, 2.75) is 32.2 Å². The fraction of sp³-hybridized carbons (Fsp3) is 0.440. The minimum atomic E-state index is -0.190. The third kappa shape index (κ3) is 4.94. The number of quaternary nitrogens is 1. The van der Waals surface area contributed by atoms with Crippen molar-refractivity contribution in [3.8, 4) is 0 Å². The van der Waals surface area contributed by atoms with Crippen molar-refractivity contribution in [2.24, 2.45) is 22.9 Å². The largest absolute Gasteiger partial charge is 1.00 e. The molecule has 4 atom stereocenters. The number of hydrogen-bond donors (Lipinski definition) is 1. The van der Waals surface area contributed by atoms with Crippen LogP contribution >= 0.6 is 34.8 Å². The Bertz CT molecular complexity index is 1100. The summed E-state index contributed by atoms with van der Waals surface area (Å²) < 4.78 is 0.577. The summed E-state index contributed by atoms with van der Waals surface area (Å²) in [6.45, 7) is 4.02. The summed E-state index contributed by atoms with van der Waals surface area (Å²) in [5.41, 5.74) is 5.54. The molecule has 0 radical (unpaired) electrons. The first-order valence-electron chi connectivity index (χ1n) is 11.5. The Morgan fingerprint density at radius 3 is 2.26 bits per heavy atom. The maximum Gasteiger partial charge on any atom is 0.312 e.